The Hall–Kier alpha value is -2.44. The predicted octanol–water partition coefficient (Wildman–Crippen LogP) is 3.74. The van der Waals surface area contributed by atoms with Gasteiger partial charge in [-0.25, -0.2) is 0 Å². The fraction of sp³-hybridized carbons (Fsp3) is 0.222. The van der Waals surface area contributed by atoms with E-state index in [0.717, 1.165) is 0 Å². The summed E-state index contributed by atoms with van der Waals surface area (Å²) in [6.07, 6.45) is -0.0593. The van der Waals surface area contributed by atoms with Gasteiger partial charge in [-0.1, -0.05) is 29.3 Å². The van der Waals surface area contributed by atoms with Gasteiger partial charge in [-0.2, -0.15) is 0 Å². The lowest BCUT2D eigenvalue weighted by atomic mass is 10.1. The average molecular weight is 398 g/mol. The van der Waals surface area contributed by atoms with Crippen molar-refractivity contribution in [3.05, 3.63) is 52.0 Å². The van der Waals surface area contributed by atoms with Crippen LogP contribution in [0.4, 0.5) is 5.69 Å². The molecule has 0 bridgehead atoms. The molecule has 138 valence electrons. The Bertz CT molecular complexity index is 788. The first-order valence-electron chi connectivity index (χ1n) is 7.53. The average Bonchev–Trinajstić information content (AvgIpc) is 2.62. The van der Waals surface area contributed by atoms with Crippen LogP contribution in [-0.4, -0.2) is 32.7 Å². The van der Waals surface area contributed by atoms with E-state index in [4.69, 9.17) is 37.4 Å². The van der Waals surface area contributed by atoms with Gasteiger partial charge in [0.2, 0.25) is 0 Å². The summed E-state index contributed by atoms with van der Waals surface area (Å²) in [4.78, 5) is 23.8. The molecule has 1 N–H and O–H groups in total. The largest absolute Gasteiger partial charge is 0.497 e. The highest BCUT2D eigenvalue weighted by molar-refractivity contribution is 6.35. The van der Waals surface area contributed by atoms with Crippen molar-refractivity contribution in [1.29, 1.82) is 0 Å². The summed E-state index contributed by atoms with van der Waals surface area (Å²) in [6.45, 7) is -0.427. The second-order valence-corrected chi connectivity index (χ2v) is 6.07. The van der Waals surface area contributed by atoms with Gasteiger partial charge in [-0.05, 0) is 17.7 Å². The first-order chi connectivity index (χ1) is 12.4. The molecule has 0 spiro atoms. The quantitative estimate of drug-likeness (QED) is 0.720. The second kappa shape index (κ2) is 9.31. The van der Waals surface area contributed by atoms with Gasteiger partial charge in [0, 0.05) is 33.9 Å². The Morgan fingerprint density at radius 1 is 1.00 bits per heavy atom. The zero-order valence-electron chi connectivity index (χ0n) is 14.2. The maximum absolute atomic E-state index is 12.0. The molecule has 8 heteroatoms. The Labute approximate surface area is 160 Å². The number of esters is 1. The number of methoxy groups -OCH3 is 2. The monoisotopic (exact) mass is 397 g/mol. The third kappa shape index (κ3) is 5.82. The van der Waals surface area contributed by atoms with Gasteiger partial charge in [0.1, 0.15) is 11.5 Å². The SMILES string of the molecule is COc1cc(NC(=O)COC(=O)Cc2ccc(Cl)cc2Cl)cc(OC)c1. The molecule has 2 rings (SSSR count). The number of hydrogen-bond donors (Lipinski definition) is 1. The van der Waals surface area contributed by atoms with Crippen LogP contribution >= 0.6 is 23.2 Å². The van der Waals surface area contributed by atoms with Crippen LogP contribution in [0.5, 0.6) is 11.5 Å². The molecular formula is C18H17Cl2NO5. The van der Waals surface area contributed by atoms with Crippen molar-refractivity contribution in [2.24, 2.45) is 0 Å². The van der Waals surface area contributed by atoms with Crippen LogP contribution in [0.3, 0.4) is 0 Å². The molecule has 1 amide bonds. The zero-order valence-corrected chi connectivity index (χ0v) is 15.7. The van der Waals surface area contributed by atoms with Crippen LogP contribution < -0.4 is 14.8 Å². The number of ether oxygens (including phenoxy) is 3. The molecule has 0 aromatic heterocycles. The fourth-order valence-corrected chi connectivity index (χ4v) is 2.57. The molecule has 0 aliphatic heterocycles. The van der Waals surface area contributed by atoms with Crippen LogP contribution in [-0.2, 0) is 20.7 Å². The lowest BCUT2D eigenvalue weighted by molar-refractivity contribution is -0.146. The number of halogens is 2. The van der Waals surface area contributed by atoms with Gasteiger partial charge in [0.05, 0.1) is 20.6 Å². The summed E-state index contributed by atoms with van der Waals surface area (Å²) < 4.78 is 15.2. The summed E-state index contributed by atoms with van der Waals surface area (Å²) in [5.41, 5.74) is 1.03. The maximum atomic E-state index is 12.0. The smallest absolute Gasteiger partial charge is 0.310 e. The van der Waals surface area contributed by atoms with E-state index in [2.05, 4.69) is 5.32 Å². The van der Waals surface area contributed by atoms with E-state index < -0.39 is 18.5 Å². The van der Waals surface area contributed by atoms with Crippen LogP contribution in [0.2, 0.25) is 10.0 Å². The lowest BCUT2D eigenvalue weighted by Crippen LogP contribution is -2.21. The summed E-state index contributed by atoms with van der Waals surface area (Å²) in [5.74, 6) is -0.0218. The molecule has 2 aromatic rings. The lowest BCUT2D eigenvalue weighted by Gasteiger charge is -2.10. The van der Waals surface area contributed by atoms with Crippen LogP contribution in [0, 0.1) is 0 Å². The molecule has 0 unspecified atom stereocenters. The van der Waals surface area contributed by atoms with E-state index in [9.17, 15) is 9.59 Å². The van der Waals surface area contributed by atoms with Crippen molar-refractivity contribution in [3.8, 4) is 11.5 Å². The molecule has 0 fully saturated rings. The number of carbonyl (C=O) groups is 2. The van der Waals surface area contributed by atoms with Crippen LogP contribution in [0.15, 0.2) is 36.4 Å². The number of nitrogens with one attached hydrogen (secondary N) is 1. The number of anilines is 1. The molecule has 0 saturated carbocycles. The minimum absolute atomic E-state index is 0.0593. The topological polar surface area (TPSA) is 73.9 Å². The van der Waals surface area contributed by atoms with E-state index in [1.165, 1.54) is 20.3 Å². The summed E-state index contributed by atoms with van der Waals surface area (Å²) in [7, 11) is 3.01. The maximum Gasteiger partial charge on any atom is 0.310 e. The van der Waals surface area contributed by atoms with Crippen molar-refractivity contribution in [2.45, 2.75) is 6.42 Å². The van der Waals surface area contributed by atoms with E-state index in [1.54, 1.807) is 30.3 Å². The third-order valence-electron chi connectivity index (χ3n) is 3.35. The van der Waals surface area contributed by atoms with E-state index in [0.29, 0.717) is 32.8 Å². The Morgan fingerprint density at radius 3 is 2.23 bits per heavy atom. The van der Waals surface area contributed by atoms with Crippen molar-refractivity contribution in [3.63, 3.8) is 0 Å². The molecule has 0 atom stereocenters. The third-order valence-corrected chi connectivity index (χ3v) is 3.94. The minimum Gasteiger partial charge on any atom is -0.497 e. The molecule has 26 heavy (non-hydrogen) atoms. The zero-order chi connectivity index (χ0) is 19.1. The summed E-state index contributed by atoms with van der Waals surface area (Å²) in [6, 6.07) is 9.71. The van der Waals surface area contributed by atoms with Crippen molar-refractivity contribution >= 4 is 40.8 Å². The first-order valence-corrected chi connectivity index (χ1v) is 8.29. The second-order valence-electron chi connectivity index (χ2n) is 5.22. The molecule has 2 aromatic carbocycles. The first kappa shape index (κ1) is 19.9. The minimum atomic E-state index is -0.576. The van der Waals surface area contributed by atoms with E-state index >= 15 is 0 Å². The number of rotatable bonds is 7. The van der Waals surface area contributed by atoms with Crippen molar-refractivity contribution < 1.29 is 23.8 Å². The number of hydrogen-bond acceptors (Lipinski definition) is 5. The van der Waals surface area contributed by atoms with Crippen LogP contribution in [0.25, 0.3) is 0 Å². The number of amides is 1. The molecule has 0 saturated heterocycles. The number of carbonyl (C=O) groups excluding carboxylic acids is 2. The van der Waals surface area contributed by atoms with Gasteiger partial charge in [-0.15, -0.1) is 0 Å². The van der Waals surface area contributed by atoms with Crippen molar-refractivity contribution in [1.82, 2.24) is 0 Å². The Kier molecular flexibility index (Phi) is 7.12. The van der Waals surface area contributed by atoms with Gasteiger partial charge in [0.15, 0.2) is 6.61 Å². The molecule has 6 nitrogen and oxygen atoms in total. The Morgan fingerprint density at radius 2 is 1.65 bits per heavy atom. The normalized spacial score (nSPS) is 10.2. The van der Waals surface area contributed by atoms with Gasteiger partial charge in [-0.3, -0.25) is 9.59 Å². The fourth-order valence-electron chi connectivity index (χ4n) is 2.09. The molecule has 0 aliphatic rings. The van der Waals surface area contributed by atoms with Crippen LogP contribution in [0.1, 0.15) is 5.56 Å². The van der Waals surface area contributed by atoms with E-state index in [1.807, 2.05) is 0 Å². The highest BCUT2D eigenvalue weighted by Crippen LogP contribution is 2.25. The van der Waals surface area contributed by atoms with Gasteiger partial charge < -0.3 is 19.5 Å². The van der Waals surface area contributed by atoms with E-state index in [-0.39, 0.29) is 6.42 Å². The molecule has 0 aliphatic carbocycles. The number of benzene rings is 2. The standard InChI is InChI=1S/C18H17Cl2NO5/c1-24-14-7-13(8-15(9-14)25-2)21-17(22)10-26-18(23)5-11-3-4-12(19)6-16(11)20/h3-4,6-9H,5,10H2,1-2H3,(H,21,22). The summed E-state index contributed by atoms with van der Waals surface area (Å²) in [5, 5.41) is 3.45. The van der Waals surface area contributed by atoms with Crippen molar-refractivity contribution in [2.75, 3.05) is 26.1 Å². The summed E-state index contributed by atoms with van der Waals surface area (Å²) >= 11 is 11.8. The van der Waals surface area contributed by atoms with Gasteiger partial charge >= 0.3 is 5.97 Å². The highest BCUT2D eigenvalue weighted by atomic mass is 35.5. The molecular weight excluding hydrogens is 381 g/mol. The highest BCUT2D eigenvalue weighted by Gasteiger charge is 2.12. The molecule has 0 heterocycles. The molecule has 0 radical (unpaired) electrons. The predicted molar refractivity (Wildman–Crippen MR) is 99.3 cm³/mol. The van der Waals surface area contributed by atoms with Gasteiger partial charge in [0.25, 0.3) is 5.91 Å². The Balaban J connectivity index is 1.89.